The number of aromatic nitrogens is 2. The molecular weight excluding hydrogens is 412 g/mol. The van der Waals surface area contributed by atoms with Crippen LogP contribution in [0.5, 0.6) is 5.75 Å². The summed E-state index contributed by atoms with van der Waals surface area (Å²) in [6.07, 6.45) is 0. The van der Waals surface area contributed by atoms with E-state index in [2.05, 4.69) is 10.00 Å². The van der Waals surface area contributed by atoms with Crippen LogP contribution in [0.2, 0.25) is 0 Å². The molecule has 0 saturated carbocycles. The van der Waals surface area contributed by atoms with Gasteiger partial charge in [-0.2, -0.15) is 5.10 Å². The van der Waals surface area contributed by atoms with E-state index >= 15 is 0 Å². The molecule has 0 bridgehead atoms. The smallest absolute Gasteiger partial charge is 0.357 e. The van der Waals surface area contributed by atoms with Crippen molar-refractivity contribution in [3.05, 3.63) is 70.6 Å². The maximum absolute atomic E-state index is 12.8. The Morgan fingerprint density at radius 1 is 0.938 bits per heavy atom. The molecule has 1 N–H and O–H groups in total. The van der Waals surface area contributed by atoms with E-state index < -0.39 is 11.5 Å². The molecule has 1 aliphatic rings. The third-order valence-corrected chi connectivity index (χ3v) is 5.50. The number of carbonyl (C=O) groups is 2. The van der Waals surface area contributed by atoms with Crippen molar-refractivity contribution in [3.63, 3.8) is 0 Å². The predicted molar refractivity (Wildman–Crippen MR) is 118 cm³/mol. The maximum Gasteiger partial charge on any atom is 0.357 e. The van der Waals surface area contributed by atoms with Gasteiger partial charge in [0, 0.05) is 38.1 Å². The molecule has 9 heteroatoms. The lowest BCUT2D eigenvalue weighted by molar-refractivity contribution is -0.133. The number of fused-ring (bicyclic) bond motifs is 1. The lowest BCUT2D eigenvalue weighted by Gasteiger charge is -2.34. The molecule has 1 aromatic heterocycles. The molecule has 32 heavy (non-hydrogen) atoms. The Labute approximate surface area is 184 Å². The Kier molecular flexibility index (Phi) is 6.46. The molecule has 0 aliphatic carbocycles. The van der Waals surface area contributed by atoms with E-state index in [0.717, 1.165) is 17.0 Å². The molecule has 1 saturated heterocycles. The van der Waals surface area contributed by atoms with Gasteiger partial charge >= 0.3 is 5.97 Å². The van der Waals surface area contributed by atoms with Crippen LogP contribution in [0.25, 0.3) is 10.8 Å². The highest BCUT2D eigenvalue weighted by Crippen LogP contribution is 2.13. The Morgan fingerprint density at radius 2 is 1.59 bits per heavy atom. The highest BCUT2D eigenvalue weighted by atomic mass is 16.5. The Balaban J connectivity index is 1.35. The summed E-state index contributed by atoms with van der Waals surface area (Å²) in [5, 5.41) is 13.9. The number of para-hydroxylation sites is 1. The second kappa shape index (κ2) is 9.61. The molecule has 1 aliphatic heterocycles. The summed E-state index contributed by atoms with van der Waals surface area (Å²) in [5.41, 5.74) is -0.716. The van der Waals surface area contributed by atoms with Gasteiger partial charge in [-0.25, -0.2) is 9.48 Å². The van der Waals surface area contributed by atoms with Gasteiger partial charge in [0.05, 0.1) is 5.39 Å². The first-order chi connectivity index (χ1) is 15.5. The van der Waals surface area contributed by atoms with Crippen LogP contribution in [0.15, 0.2) is 59.4 Å². The number of carboxylic acids is 1. The maximum atomic E-state index is 12.8. The largest absolute Gasteiger partial charge is 0.492 e. The van der Waals surface area contributed by atoms with Gasteiger partial charge in [0.15, 0.2) is 5.69 Å². The normalized spacial score (nSPS) is 14.4. The lowest BCUT2D eigenvalue weighted by Crippen LogP contribution is -2.50. The van der Waals surface area contributed by atoms with Gasteiger partial charge in [-0.05, 0) is 18.2 Å². The van der Waals surface area contributed by atoms with E-state index in [1.165, 1.54) is 0 Å². The Morgan fingerprint density at radius 3 is 2.28 bits per heavy atom. The van der Waals surface area contributed by atoms with Gasteiger partial charge in [-0.15, -0.1) is 0 Å². The fourth-order valence-electron chi connectivity index (χ4n) is 3.76. The molecule has 0 unspecified atom stereocenters. The molecule has 2 aromatic carbocycles. The fraction of sp³-hybridized carbons (Fsp3) is 0.304. The quantitative estimate of drug-likeness (QED) is 0.596. The summed E-state index contributed by atoms with van der Waals surface area (Å²) >= 11 is 0. The van der Waals surface area contributed by atoms with Crippen molar-refractivity contribution in [1.82, 2.24) is 19.6 Å². The van der Waals surface area contributed by atoms with Crippen LogP contribution in [0.4, 0.5) is 0 Å². The van der Waals surface area contributed by atoms with Gasteiger partial charge in [0.25, 0.3) is 5.56 Å². The predicted octanol–water partition coefficient (Wildman–Crippen LogP) is 1.32. The van der Waals surface area contributed by atoms with E-state index in [-0.39, 0.29) is 28.9 Å². The minimum atomic E-state index is -1.24. The molecular formula is C23H24N4O5. The molecule has 9 nitrogen and oxygen atoms in total. The van der Waals surface area contributed by atoms with Gasteiger partial charge in [0.2, 0.25) is 5.91 Å². The van der Waals surface area contributed by atoms with Crippen molar-refractivity contribution in [2.24, 2.45) is 0 Å². The highest BCUT2D eigenvalue weighted by molar-refractivity contribution is 6.01. The lowest BCUT2D eigenvalue weighted by atomic mass is 10.1. The second-order valence-electron chi connectivity index (χ2n) is 7.55. The van der Waals surface area contributed by atoms with Gasteiger partial charge in [-0.3, -0.25) is 14.5 Å². The van der Waals surface area contributed by atoms with Crippen molar-refractivity contribution in [1.29, 1.82) is 0 Å². The van der Waals surface area contributed by atoms with E-state index in [9.17, 15) is 19.5 Å². The minimum Gasteiger partial charge on any atom is -0.492 e. The average Bonchev–Trinajstić information content (AvgIpc) is 2.82. The summed E-state index contributed by atoms with van der Waals surface area (Å²) in [7, 11) is 0. The van der Waals surface area contributed by atoms with E-state index in [0.29, 0.717) is 32.8 Å². The Hall–Kier alpha value is -3.72. The van der Waals surface area contributed by atoms with Crippen molar-refractivity contribution < 1.29 is 19.4 Å². The number of hydrogen-bond acceptors (Lipinski definition) is 6. The van der Waals surface area contributed by atoms with E-state index in [1.54, 1.807) is 29.2 Å². The van der Waals surface area contributed by atoms with Crippen molar-refractivity contribution in [2.45, 2.75) is 6.54 Å². The van der Waals surface area contributed by atoms with Crippen LogP contribution in [-0.4, -0.2) is 75.9 Å². The third kappa shape index (κ3) is 4.78. The third-order valence-electron chi connectivity index (χ3n) is 5.50. The number of piperazine rings is 1. The minimum absolute atomic E-state index is 0.232. The van der Waals surface area contributed by atoms with Gasteiger partial charge in [-0.1, -0.05) is 36.4 Å². The van der Waals surface area contributed by atoms with Crippen LogP contribution in [0.3, 0.4) is 0 Å². The number of benzene rings is 2. The number of rotatable bonds is 7. The van der Waals surface area contributed by atoms with Crippen molar-refractivity contribution in [3.8, 4) is 5.75 Å². The molecule has 4 rings (SSSR count). The first-order valence-corrected chi connectivity index (χ1v) is 10.4. The van der Waals surface area contributed by atoms with Crippen molar-refractivity contribution >= 4 is 22.6 Å². The summed E-state index contributed by atoms with van der Waals surface area (Å²) in [6.45, 7) is 3.48. The number of nitrogens with zero attached hydrogens (tertiary/aromatic N) is 4. The molecule has 3 aromatic rings. The molecule has 0 radical (unpaired) electrons. The first-order valence-electron chi connectivity index (χ1n) is 10.4. The molecule has 2 heterocycles. The number of ether oxygens (including phenoxy) is 1. The van der Waals surface area contributed by atoms with E-state index in [4.69, 9.17) is 4.74 Å². The molecule has 0 spiro atoms. The number of aromatic carboxylic acids is 1. The van der Waals surface area contributed by atoms with Crippen LogP contribution >= 0.6 is 0 Å². The zero-order chi connectivity index (χ0) is 22.5. The second-order valence-corrected chi connectivity index (χ2v) is 7.55. The molecule has 1 fully saturated rings. The standard InChI is InChI=1S/C23H24N4O5/c28-20(16-27-22(29)19-9-5-4-8-18(19)21(24-27)23(30)31)26-12-10-25(11-13-26)14-15-32-17-6-2-1-3-7-17/h1-9H,10-16H2,(H,30,31). The summed E-state index contributed by atoms with van der Waals surface area (Å²) in [6, 6.07) is 16.0. The van der Waals surface area contributed by atoms with Crippen LogP contribution in [0.1, 0.15) is 10.5 Å². The number of amides is 1. The van der Waals surface area contributed by atoms with Gasteiger partial charge < -0.3 is 14.7 Å². The first kappa shape index (κ1) is 21.5. The molecule has 0 atom stereocenters. The van der Waals surface area contributed by atoms with Gasteiger partial charge in [0.1, 0.15) is 18.9 Å². The van der Waals surface area contributed by atoms with Crippen molar-refractivity contribution in [2.75, 3.05) is 39.3 Å². The van der Waals surface area contributed by atoms with E-state index in [1.807, 2.05) is 30.3 Å². The summed E-state index contributed by atoms with van der Waals surface area (Å²) < 4.78 is 6.68. The number of carboxylic acid groups (broad SMARTS) is 1. The zero-order valence-electron chi connectivity index (χ0n) is 17.5. The SMILES string of the molecule is O=C(O)c1nn(CC(=O)N2CCN(CCOc3ccccc3)CC2)c(=O)c2ccccc12. The topological polar surface area (TPSA) is 105 Å². The highest BCUT2D eigenvalue weighted by Gasteiger charge is 2.23. The monoisotopic (exact) mass is 436 g/mol. The van der Waals surface area contributed by atoms with Crippen LogP contribution in [0, 0.1) is 0 Å². The summed E-state index contributed by atoms with van der Waals surface area (Å²) in [4.78, 5) is 41.0. The molecule has 1 amide bonds. The van der Waals surface area contributed by atoms with Crippen LogP contribution < -0.4 is 10.3 Å². The zero-order valence-corrected chi connectivity index (χ0v) is 17.5. The Bertz CT molecular complexity index is 1170. The number of carbonyl (C=O) groups excluding carboxylic acids is 1. The summed E-state index contributed by atoms with van der Waals surface area (Å²) in [5.74, 6) is -0.671. The fourth-order valence-corrected chi connectivity index (χ4v) is 3.76. The molecule has 166 valence electrons. The van der Waals surface area contributed by atoms with Crippen LogP contribution in [-0.2, 0) is 11.3 Å². The number of hydrogen-bond donors (Lipinski definition) is 1. The average molecular weight is 436 g/mol.